The van der Waals surface area contributed by atoms with Crippen LogP contribution in [-0.2, 0) is 30.5 Å². The van der Waals surface area contributed by atoms with E-state index in [1.807, 2.05) is 37.3 Å². The molecule has 0 saturated carbocycles. The molecule has 3 rings (SSSR count). The molecule has 10 nitrogen and oxygen atoms in total. The maximum Gasteiger partial charge on any atom is 0.410 e. The lowest BCUT2D eigenvalue weighted by Gasteiger charge is -2.52. The van der Waals surface area contributed by atoms with Crippen LogP contribution in [0.1, 0.15) is 51.0 Å². The third-order valence-electron chi connectivity index (χ3n) is 6.97. The van der Waals surface area contributed by atoms with Crippen LogP contribution in [0.25, 0.3) is 0 Å². The first-order chi connectivity index (χ1) is 17.8. The highest BCUT2D eigenvalue weighted by atomic mass is 16.6. The van der Waals surface area contributed by atoms with Crippen molar-refractivity contribution in [1.82, 2.24) is 15.1 Å². The van der Waals surface area contributed by atoms with E-state index in [1.165, 1.54) is 6.08 Å². The number of carbonyl (C=O) groups is 4. The Balaban J connectivity index is 1.54. The second kappa shape index (κ2) is 13.2. The fraction of sp³-hybridized carbons (Fsp3) is 0.556. The van der Waals surface area contributed by atoms with Gasteiger partial charge in [0.15, 0.2) is 0 Å². The monoisotopic (exact) mass is 514 g/mol. The summed E-state index contributed by atoms with van der Waals surface area (Å²) in [5.41, 5.74) is 6.24. The summed E-state index contributed by atoms with van der Waals surface area (Å²) in [4.78, 5) is 54.4. The largest absolute Gasteiger partial charge is 0.461 e. The van der Waals surface area contributed by atoms with E-state index in [2.05, 4.69) is 11.9 Å². The Hall–Kier alpha value is -3.40. The molecule has 1 unspecified atom stereocenters. The summed E-state index contributed by atoms with van der Waals surface area (Å²) in [6.07, 6.45) is 3.36. The zero-order chi connectivity index (χ0) is 26.8. The number of hydrogen-bond donors (Lipinski definition) is 2. The molecule has 0 aromatic heterocycles. The van der Waals surface area contributed by atoms with Crippen LogP contribution < -0.4 is 11.1 Å². The molecule has 1 aromatic rings. The summed E-state index contributed by atoms with van der Waals surface area (Å²) in [5.74, 6) is -0.800. The van der Waals surface area contributed by atoms with E-state index in [1.54, 1.807) is 9.80 Å². The third kappa shape index (κ3) is 6.88. The van der Waals surface area contributed by atoms with E-state index < -0.39 is 23.7 Å². The topological polar surface area (TPSA) is 131 Å². The Morgan fingerprint density at radius 2 is 1.92 bits per heavy atom. The summed E-state index contributed by atoms with van der Waals surface area (Å²) in [5, 5.41) is 2.86. The van der Waals surface area contributed by atoms with Crippen molar-refractivity contribution < 1.29 is 28.7 Å². The van der Waals surface area contributed by atoms with Crippen molar-refractivity contribution in [3.8, 4) is 0 Å². The highest BCUT2D eigenvalue weighted by Crippen LogP contribution is 2.34. The Kier molecular flexibility index (Phi) is 10.1. The molecule has 2 aliphatic heterocycles. The van der Waals surface area contributed by atoms with Crippen LogP contribution in [0.5, 0.6) is 0 Å². The highest BCUT2D eigenvalue weighted by molar-refractivity contribution is 6.00. The van der Waals surface area contributed by atoms with Crippen LogP contribution in [-0.4, -0.2) is 77.5 Å². The number of piperazine rings is 1. The fourth-order valence-corrected chi connectivity index (χ4v) is 4.91. The van der Waals surface area contributed by atoms with Gasteiger partial charge in [0.1, 0.15) is 24.8 Å². The van der Waals surface area contributed by atoms with E-state index in [9.17, 15) is 19.2 Å². The summed E-state index contributed by atoms with van der Waals surface area (Å²) in [7, 11) is 0. The second-order valence-corrected chi connectivity index (χ2v) is 9.53. The molecule has 202 valence electrons. The molecule has 2 aliphatic rings. The number of carbonyl (C=O) groups excluding carboxylic acids is 4. The van der Waals surface area contributed by atoms with Crippen molar-refractivity contribution >= 4 is 23.9 Å². The minimum Gasteiger partial charge on any atom is -0.461 e. The maximum atomic E-state index is 13.5. The van der Waals surface area contributed by atoms with Gasteiger partial charge in [0.05, 0.1) is 0 Å². The number of ether oxygens (including phenoxy) is 2. The molecule has 0 bridgehead atoms. The molecule has 3 amide bonds. The van der Waals surface area contributed by atoms with Crippen molar-refractivity contribution in [2.45, 2.75) is 69.7 Å². The zero-order valence-corrected chi connectivity index (χ0v) is 21.5. The number of piperidine rings is 1. The Bertz CT molecular complexity index is 961. The van der Waals surface area contributed by atoms with Crippen molar-refractivity contribution in [3.63, 3.8) is 0 Å². The lowest BCUT2D eigenvalue weighted by Crippen LogP contribution is -2.75. The third-order valence-corrected chi connectivity index (χ3v) is 6.97. The van der Waals surface area contributed by atoms with Crippen molar-refractivity contribution in [2.24, 2.45) is 5.73 Å². The van der Waals surface area contributed by atoms with Gasteiger partial charge in [-0.3, -0.25) is 14.4 Å². The van der Waals surface area contributed by atoms with Gasteiger partial charge in [0, 0.05) is 32.1 Å². The molecule has 0 aliphatic carbocycles. The fourth-order valence-electron chi connectivity index (χ4n) is 4.91. The van der Waals surface area contributed by atoms with Gasteiger partial charge in [-0.1, -0.05) is 49.9 Å². The first kappa shape index (κ1) is 28.2. The maximum absolute atomic E-state index is 13.5. The van der Waals surface area contributed by atoms with Crippen LogP contribution in [0.2, 0.25) is 0 Å². The molecule has 0 radical (unpaired) electrons. The first-order valence-electron chi connectivity index (χ1n) is 12.9. The van der Waals surface area contributed by atoms with Gasteiger partial charge < -0.3 is 30.3 Å². The van der Waals surface area contributed by atoms with Gasteiger partial charge in [-0.25, -0.2) is 4.79 Å². The molecule has 1 spiro atoms. The average Bonchev–Trinajstić information content (AvgIpc) is 2.91. The molecule has 2 fully saturated rings. The van der Waals surface area contributed by atoms with Crippen LogP contribution in [0.15, 0.2) is 43.0 Å². The van der Waals surface area contributed by atoms with E-state index in [0.717, 1.165) is 5.56 Å². The van der Waals surface area contributed by atoms with Gasteiger partial charge in [-0.05, 0) is 37.7 Å². The summed E-state index contributed by atoms with van der Waals surface area (Å²) in [6, 6.07) is 7.93. The first-order valence-corrected chi connectivity index (χ1v) is 12.9. The normalized spacial score (nSPS) is 19.8. The number of nitrogens with two attached hydrogens (primary N) is 1. The minimum atomic E-state index is -1.01. The average molecular weight is 515 g/mol. The highest BCUT2D eigenvalue weighted by Gasteiger charge is 2.54. The number of nitrogens with one attached hydrogen (secondary N) is 1. The molecule has 10 heteroatoms. The van der Waals surface area contributed by atoms with Crippen LogP contribution >= 0.6 is 0 Å². The summed E-state index contributed by atoms with van der Waals surface area (Å²) < 4.78 is 10.4. The van der Waals surface area contributed by atoms with E-state index in [4.69, 9.17) is 15.2 Å². The molecule has 37 heavy (non-hydrogen) atoms. The predicted octanol–water partition coefficient (Wildman–Crippen LogP) is 2.12. The smallest absolute Gasteiger partial charge is 0.410 e. The summed E-state index contributed by atoms with van der Waals surface area (Å²) >= 11 is 0. The number of esters is 1. The second-order valence-electron chi connectivity index (χ2n) is 9.53. The lowest BCUT2D eigenvalue weighted by atomic mass is 9.80. The number of nitrogens with zero attached hydrogens (tertiary/aromatic N) is 2. The van der Waals surface area contributed by atoms with Crippen LogP contribution in [0.4, 0.5) is 4.79 Å². The SMILES string of the molecule is C=CCOC(=O)N1CCC2(CC1)C(=O)N[C@@H](C(N)CCCC(=O)OCc1ccccc1)C(=O)N2CCC. The van der Waals surface area contributed by atoms with Crippen LogP contribution in [0.3, 0.4) is 0 Å². The standard InChI is InChI=1S/C27H38N4O6/c1-3-15-31-24(33)23(21(28)11-8-12-22(32)37-19-20-9-6-5-7-10-20)29-25(34)27(31)13-16-30(17-14-27)26(35)36-18-4-2/h4-7,9-10,21,23H,2-3,8,11-19,28H2,1H3,(H,29,34)/t21?,23-/m0/s1. The Morgan fingerprint density at radius 1 is 1.22 bits per heavy atom. The minimum absolute atomic E-state index is 0.117. The number of benzene rings is 1. The predicted molar refractivity (Wildman–Crippen MR) is 137 cm³/mol. The van der Waals surface area contributed by atoms with E-state index in [0.29, 0.717) is 51.7 Å². The van der Waals surface area contributed by atoms with E-state index >= 15 is 0 Å². The molecule has 3 N–H and O–H groups in total. The van der Waals surface area contributed by atoms with Gasteiger partial charge in [0.25, 0.3) is 0 Å². The lowest BCUT2D eigenvalue weighted by molar-refractivity contribution is -0.161. The summed E-state index contributed by atoms with van der Waals surface area (Å²) in [6.45, 7) is 6.84. The van der Waals surface area contributed by atoms with Gasteiger partial charge in [0.2, 0.25) is 11.8 Å². The molecule has 2 atom stereocenters. The molecular weight excluding hydrogens is 476 g/mol. The van der Waals surface area contributed by atoms with E-state index in [-0.39, 0.29) is 37.4 Å². The van der Waals surface area contributed by atoms with Gasteiger partial charge in [-0.15, -0.1) is 0 Å². The molecule has 2 heterocycles. The molecular formula is C27H38N4O6. The number of amides is 3. The van der Waals surface area contributed by atoms with Crippen LogP contribution in [0, 0.1) is 0 Å². The number of likely N-dealkylation sites (tertiary alicyclic amines) is 1. The Morgan fingerprint density at radius 3 is 2.57 bits per heavy atom. The number of rotatable bonds is 11. The molecule has 1 aromatic carbocycles. The van der Waals surface area contributed by atoms with Crippen molar-refractivity contribution in [2.75, 3.05) is 26.2 Å². The Labute approximate surface area is 218 Å². The van der Waals surface area contributed by atoms with Gasteiger partial charge >= 0.3 is 12.1 Å². The van der Waals surface area contributed by atoms with Crippen molar-refractivity contribution in [3.05, 3.63) is 48.6 Å². The quantitative estimate of drug-likeness (QED) is 0.342. The zero-order valence-electron chi connectivity index (χ0n) is 21.5. The van der Waals surface area contributed by atoms with Gasteiger partial charge in [-0.2, -0.15) is 0 Å². The molecule has 2 saturated heterocycles. The van der Waals surface area contributed by atoms with Crippen molar-refractivity contribution in [1.29, 1.82) is 0 Å². The number of hydrogen-bond acceptors (Lipinski definition) is 7.